The average molecular weight is 133 g/mol. The quantitative estimate of drug-likeness (QED) is 0.535. The SMILES string of the molecule is CC(=O)c1c[c]ccc1C. The van der Waals surface area contributed by atoms with E-state index in [9.17, 15) is 4.79 Å². The van der Waals surface area contributed by atoms with E-state index in [1.54, 1.807) is 13.0 Å². The van der Waals surface area contributed by atoms with Crippen molar-refractivity contribution in [2.45, 2.75) is 13.8 Å². The fourth-order valence-corrected chi connectivity index (χ4v) is 0.887. The molecule has 1 aromatic carbocycles. The molecule has 1 radical (unpaired) electrons. The highest BCUT2D eigenvalue weighted by atomic mass is 16.1. The molecular formula is C9H9O. The maximum Gasteiger partial charge on any atom is 0.160 e. The molecule has 0 spiro atoms. The van der Waals surface area contributed by atoms with E-state index in [2.05, 4.69) is 6.07 Å². The van der Waals surface area contributed by atoms with E-state index in [-0.39, 0.29) is 5.78 Å². The van der Waals surface area contributed by atoms with Crippen LogP contribution in [0.4, 0.5) is 0 Å². The van der Waals surface area contributed by atoms with Crippen molar-refractivity contribution in [3.63, 3.8) is 0 Å². The minimum atomic E-state index is 0.106. The summed E-state index contributed by atoms with van der Waals surface area (Å²) < 4.78 is 0. The molecule has 0 amide bonds. The number of aryl methyl sites for hydroxylation is 1. The van der Waals surface area contributed by atoms with Gasteiger partial charge in [-0.2, -0.15) is 0 Å². The average Bonchev–Trinajstić information content (AvgIpc) is 1.88. The fraction of sp³-hybridized carbons (Fsp3) is 0.222. The van der Waals surface area contributed by atoms with Crippen molar-refractivity contribution < 1.29 is 4.79 Å². The largest absolute Gasteiger partial charge is 0.295 e. The molecule has 0 atom stereocenters. The van der Waals surface area contributed by atoms with Gasteiger partial charge in [0.2, 0.25) is 0 Å². The van der Waals surface area contributed by atoms with Crippen LogP contribution in [0.3, 0.4) is 0 Å². The van der Waals surface area contributed by atoms with Gasteiger partial charge in [-0.1, -0.05) is 12.1 Å². The fourth-order valence-electron chi connectivity index (χ4n) is 0.887. The number of carbonyl (C=O) groups is 1. The summed E-state index contributed by atoms with van der Waals surface area (Å²) in [6, 6.07) is 8.28. The Morgan fingerprint density at radius 3 is 2.70 bits per heavy atom. The molecule has 1 heteroatoms. The number of hydrogen-bond acceptors (Lipinski definition) is 1. The molecular weight excluding hydrogens is 124 g/mol. The first-order valence-electron chi connectivity index (χ1n) is 3.19. The predicted molar refractivity (Wildman–Crippen MR) is 40.0 cm³/mol. The highest BCUT2D eigenvalue weighted by molar-refractivity contribution is 5.95. The lowest BCUT2D eigenvalue weighted by Crippen LogP contribution is -1.94. The molecule has 0 aromatic heterocycles. The Labute approximate surface area is 60.7 Å². The first-order valence-corrected chi connectivity index (χ1v) is 3.19. The second-order valence-electron chi connectivity index (χ2n) is 2.30. The number of hydrogen-bond donors (Lipinski definition) is 0. The molecule has 0 aliphatic heterocycles. The van der Waals surface area contributed by atoms with Crippen LogP contribution in [0.1, 0.15) is 22.8 Å². The van der Waals surface area contributed by atoms with Crippen LogP contribution in [0, 0.1) is 13.0 Å². The van der Waals surface area contributed by atoms with E-state index in [4.69, 9.17) is 0 Å². The van der Waals surface area contributed by atoms with E-state index in [0.29, 0.717) is 0 Å². The van der Waals surface area contributed by atoms with Crippen LogP contribution in [0.5, 0.6) is 0 Å². The Balaban J connectivity index is 3.15. The van der Waals surface area contributed by atoms with Gasteiger partial charge in [-0.3, -0.25) is 4.79 Å². The minimum absolute atomic E-state index is 0.106. The minimum Gasteiger partial charge on any atom is -0.295 e. The summed E-state index contributed by atoms with van der Waals surface area (Å²) in [6.45, 7) is 3.49. The lowest BCUT2D eigenvalue weighted by Gasteiger charge is -1.97. The maximum atomic E-state index is 10.8. The second-order valence-corrected chi connectivity index (χ2v) is 2.30. The Morgan fingerprint density at radius 2 is 2.30 bits per heavy atom. The van der Waals surface area contributed by atoms with Crippen molar-refractivity contribution in [1.82, 2.24) is 0 Å². The van der Waals surface area contributed by atoms with E-state index in [1.165, 1.54) is 0 Å². The smallest absolute Gasteiger partial charge is 0.160 e. The first kappa shape index (κ1) is 7.00. The van der Waals surface area contributed by atoms with Gasteiger partial charge < -0.3 is 0 Å². The van der Waals surface area contributed by atoms with Gasteiger partial charge in [-0.25, -0.2) is 0 Å². The summed E-state index contributed by atoms with van der Waals surface area (Å²) in [5, 5.41) is 0. The van der Waals surface area contributed by atoms with Gasteiger partial charge in [-0.05, 0) is 31.5 Å². The lowest BCUT2D eigenvalue weighted by atomic mass is 10.1. The normalized spacial score (nSPS) is 9.40. The van der Waals surface area contributed by atoms with Crippen LogP contribution < -0.4 is 0 Å². The second kappa shape index (κ2) is 2.65. The van der Waals surface area contributed by atoms with Gasteiger partial charge in [0.15, 0.2) is 5.78 Å². The van der Waals surface area contributed by atoms with Crippen molar-refractivity contribution in [2.75, 3.05) is 0 Å². The van der Waals surface area contributed by atoms with Crippen LogP contribution in [-0.2, 0) is 0 Å². The molecule has 10 heavy (non-hydrogen) atoms. The zero-order valence-electron chi connectivity index (χ0n) is 6.14. The van der Waals surface area contributed by atoms with E-state index in [0.717, 1.165) is 11.1 Å². The summed E-state index contributed by atoms with van der Waals surface area (Å²) >= 11 is 0. The van der Waals surface area contributed by atoms with Crippen LogP contribution in [0.25, 0.3) is 0 Å². The molecule has 0 fully saturated rings. The molecule has 1 nitrogen and oxygen atoms in total. The molecule has 0 saturated heterocycles. The Bertz CT molecular complexity index is 251. The van der Waals surface area contributed by atoms with Crippen molar-refractivity contribution in [1.29, 1.82) is 0 Å². The van der Waals surface area contributed by atoms with Crippen molar-refractivity contribution in [3.05, 3.63) is 35.4 Å². The maximum absolute atomic E-state index is 10.8. The molecule has 0 saturated carbocycles. The van der Waals surface area contributed by atoms with Gasteiger partial charge in [0.25, 0.3) is 0 Å². The Morgan fingerprint density at radius 1 is 1.60 bits per heavy atom. The molecule has 0 aliphatic carbocycles. The predicted octanol–water partition coefficient (Wildman–Crippen LogP) is 2.00. The van der Waals surface area contributed by atoms with Gasteiger partial charge in [0.05, 0.1) is 0 Å². The molecule has 0 aliphatic rings. The summed E-state index contributed by atoms with van der Waals surface area (Å²) in [6.07, 6.45) is 0. The molecule has 0 unspecified atom stereocenters. The summed E-state index contributed by atoms with van der Waals surface area (Å²) in [5.41, 5.74) is 1.79. The van der Waals surface area contributed by atoms with Crippen LogP contribution in [0.2, 0.25) is 0 Å². The first-order chi connectivity index (χ1) is 4.72. The summed E-state index contributed by atoms with van der Waals surface area (Å²) in [5.74, 6) is 0.106. The highest BCUT2D eigenvalue weighted by Gasteiger charge is 1.99. The number of carbonyl (C=O) groups excluding carboxylic acids is 1. The molecule has 1 rings (SSSR count). The number of rotatable bonds is 1. The number of ketones is 1. The van der Waals surface area contributed by atoms with Crippen LogP contribution in [0.15, 0.2) is 18.2 Å². The van der Waals surface area contributed by atoms with E-state index in [1.807, 2.05) is 19.1 Å². The van der Waals surface area contributed by atoms with Crippen molar-refractivity contribution in [3.8, 4) is 0 Å². The monoisotopic (exact) mass is 133 g/mol. The molecule has 0 heterocycles. The topological polar surface area (TPSA) is 17.1 Å². The molecule has 51 valence electrons. The van der Waals surface area contributed by atoms with Gasteiger partial charge in [-0.15, -0.1) is 0 Å². The molecule has 0 bridgehead atoms. The number of Topliss-reactive ketones (excluding diaryl/α,β-unsaturated/α-hetero) is 1. The third kappa shape index (κ3) is 1.24. The number of benzene rings is 1. The highest BCUT2D eigenvalue weighted by Crippen LogP contribution is 2.05. The van der Waals surface area contributed by atoms with E-state index < -0.39 is 0 Å². The van der Waals surface area contributed by atoms with Crippen molar-refractivity contribution in [2.24, 2.45) is 0 Å². The van der Waals surface area contributed by atoms with Gasteiger partial charge in [0.1, 0.15) is 0 Å². The summed E-state index contributed by atoms with van der Waals surface area (Å²) in [4.78, 5) is 10.8. The van der Waals surface area contributed by atoms with E-state index >= 15 is 0 Å². The van der Waals surface area contributed by atoms with Gasteiger partial charge in [0, 0.05) is 5.56 Å². The Hall–Kier alpha value is -1.11. The van der Waals surface area contributed by atoms with Crippen molar-refractivity contribution >= 4 is 5.78 Å². The lowest BCUT2D eigenvalue weighted by molar-refractivity contribution is 0.101. The molecule has 1 aromatic rings. The standard InChI is InChI=1S/C9H9O/c1-7-5-3-4-6-9(7)8(2)10/h3,5-6H,1-2H3. The zero-order chi connectivity index (χ0) is 7.56. The summed E-state index contributed by atoms with van der Waals surface area (Å²) in [7, 11) is 0. The third-order valence-corrected chi connectivity index (χ3v) is 1.46. The Kier molecular flexibility index (Phi) is 1.86. The molecule has 0 N–H and O–H groups in total. The third-order valence-electron chi connectivity index (χ3n) is 1.46. The zero-order valence-corrected chi connectivity index (χ0v) is 6.14. The van der Waals surface area contributed by atoms with Gasteiger partial charge >= 0.3 is 0 Å². The van der Waals surface area contributed by atoms with Crippen LogP contribution in [-0.4, -0.2) is 5.78 Å². The van der Waals surface area contributed by atoms with Crippen LogP contribution >= 0.6 is 0 Å².